The number of ether oxygens (including phenoxy) is 2. The second-order valence-electron chi connectivity index (χ2n) is 2.55. The summed E-state index contributed by atoms with van der Waals surface area (Å²) in [6, 6.07) is 0. The minimum atomic E-state index is -0.539. The molecule has 0 aromatic carbocycles. The van der Waals surface area contributed by atoms with Crippen LogP contribution in [-0.2, 0) is 14.3 Å². The number of rotatable bonds is 2. The van der Waals surface area contributed by atoms with Crippen LogP contribution >= 0.6 is 11.6 Å². The van der Waals surface area contributed by atoms with Crippen molar-refractivity contribution in [2.45, 2.75) is 11.8 Å². The van der Waals surface area contributed by atoms with Crippen LogP contribution < -0.4 is 0 Å². The van der Waals surface area contributed by atoms with Crippen molar-refractivity contribution >= 4 is 17.6 Å². The van der Waals surface area contributed by atoms with E-state index in [-0.39, 0.29) is 11.9 Å². The number of esters is 1. The summed E-state index contributed by atoms with van der Waals surface area (Å²) in [5, 5.41) is -0.539. The highest BCUT2D eigenvalue weighted by Gasteiger charge is 2.29. The van der Waals surface area contributed by atoms with E-state index in [0.717, 1.165) is 6.42 Å². The molecule has 64 valence electrons. The molecule has 0 aliphatic carbocycles. The molecule has 2 unspecified atom stereocenters. The molecule has 11 heavy (non-hydrogen) atoms. The van der Waals surface area contributed by atoms with Gasteiger partial charge in [-0.25, -0.2) is 0 Å². The quantitative estimate of drug-likeness (QED) is 0.464. The summed E-state index contributed by atoms with van der Waals surface area (Å²) in [4.78, 5) is 10.9. The van der Waals surface area contributed by atoms with Crippen molar-refractivity contribution in [3.8, 4) is 0 Å². The molecule has 1 fully saturated rings. The van der Waals surface area contributed by atoms with Gasteiger partial charge in [-0.1, -0.05) is 0 Å². The van der Waals surface area contributed by atoms with E-state index in [1.165, 1.54) is 7.11 Å². The van der Waals surface area contributed by atoms with Crippen LogP contribution in [0.15, 0.2) is 0 Å². The van der Waals surface area contributed by atoms with Crippen LogP contribution in [0.2, 0.25) is 0 Å². The zero-order chi connectivity index (χ0) is 8.27. The molecule has 0 radical (unpaired) electrons. The fourth-order valence-corrected chi connectivity index (χ4v) is 1.38. The van der Waals surface area contributed by atoms with Crippen LogP contribution in [0.5, 0.6) is 0 Å². The zero-order valence-corrected chi connectivity index (χ0v) is 7.13. The average Bonchev–Trinajstić information content (AvgIpc) is 2.53. The van der Waals surface area contributed by atoms with E-state index in [9.17, 15) is 4.79 Å². The smallest absolute Gasteiger partial charge is 0.324 e. The van der Waals surface area contributed by atoms with Gasteiger partial charge in [0.15, 0.2) is 0 Å². The van der Waals surface area contributed by atoms with Crippen molar-refractivity contribution in [1.29, 1.82) is 0 Å². The first kappa shape index (κ1) is 8.81. The Morgan fingerprint density at radius 2 is 2.55 bits per heavy atom. The molecule has 0 saturated carbocycles. The highest BCUT2D eigenvalue weighted by molar-refractivity contribution is 6.30. The summed E-state index contributed by atoms with van der Waals surface area (Å²) in [5.41, 5.74) is 0. The minimum Gasteiger partial charge on any atom is -0.468 e. The topological polar surface area (TPSA) is 35.5 Å². The Labute approximate surface area is 70.6 Å². The molecule has 1 saturated heterocycles. The first-order valence-corrected chi connectivity index (χ1v) is 3.99. The van der Waals surface area contributed by atoms with Gasteiger partial charge in [-0.05, 0) is 6.42 Å². The first-order valence-electron chi connectivity index (χ1n) is 3.55. The van der Waals surface area contributed by atoms with Crippen molar-refractivity contribution in [1.82, 2.24) is 0 Å². The molecule has 1 heterocycles. The number of hydrogen-bond acceptors (Lipinski definition) is 3. The fourth-order valence-electron chi connectivity index (χ4n) is 1.09. The van der Waals surface area contributed by atoms with Gasteiger partial charge in [0.2, 0.25) is 0 Å². The summed E-state index contributed by atoms with van der Waals surface area (Å²) < 4.78 is 9.58. The van der Waals surface area contributed by atoms with E-state index in [1.807, 2.05) is 0 Å². The Morgan fingerprint density at radius 3 is 3.00 bits per heavy atom. The van der Waals surface area contributed by atoms with Crippen LogP contribution in [0.4, 0.5) is 0 Å². The molecule has 3 nitrogen and oxygen atoms in total. The number of carbonyl (C=O) groups excluding carboxylic acids is 1. The van der Waals surface area contributed by atoms with Gasteiger partial charge in [0.1, 0.15) is 5.38 Å². The summed E-state index contributed by atoms with van der Waals surface area (Å²) in [5.74, 6) is -0.230. The van der Waals surface area contributed by atoms with E-state index < -0.39 is 5.38 Å². The van der Waals surface area contributed by atoms with Crippen LogP contribution in [0.1, 0.15) is 6.42 Å². The first-order chi connectivity index (χ1) is 5.25. The largest absolute Gasteiger partial charge is 0.468 e. The highest BCUT2D eigenvalue weighted by Crippen LogP contribution is 2.21. The molecule has 0 bridgehead atoms. The monoisotopic (exact) mass is 178 g/mol. The molecule has 1 aliphatic rings. The molecule has 1 aliphatic heterocycles. The maximum absolute atomic E-state index is 10.9. The second-order valence-corrected chi connectivity index (χ2v) is 3.02. The molecular weight excluding hydrogens is 168 g/mol. The van der Waals surface area contributed by atoms with E-state index in [2.05, 4.69) is 4.74 Å². The summed E-state index contributed by atoms with van der Waals surface area (Å²) >= 11 is 5.78. The lowest BCUT2D eigenvalue weighted by Gasteiger charge is -2.11. The van der Waals surface area contributed by atoms with Gasteiger partial charge in [0.05, 0.1) is 13.7 Å². The maximum atomic E-state index is 10.9. The van der Waals surface area contributed by atoms with Crippen molar-refractivity contribution in [2.24, 2.45) is 5.92 Å². The van der Waals surface area contributed by atoms with Gasteiger partial charge in [0, 0.05) is 12.5 Å². The fraction of sp³-hybridized carbons (Fsp3) is 0.857. The third-order valence-corrected chi connectivity index (χ3v) is 2.34. The van der Waals surface area contributed by atoms with E-state index in [4.69, 9.17) is 16.3 Å². The van der Waals surface area contributed by atoms with E-state index in [0.29, 0.717) is 13.2 Å². The lowest BCUT2D eigenvalue weighted by molar-refractivity contribution is -0.141. The Bertz CT molecular complexity index is 143. The predicted octanol–water partition coefficient (Wildman–Crippen LogP) is 0.803. The lowest BCUT2D eigenvalue weighted by atomic mass is 10.1. The number of carbonyl (C=O) groups is 1. The standard InChI is InChI=1S/C7H11ClO3/c1-10-7(9)6(8)5-2-3-11-4-5/h5-6H,2-4H2,1H3. The van der Waals surface area contributed by atoms with Crippen LogP contribution in [0.3, 0.4) is 0 Å². The Morgan fingerprint density at radius 1 is 1.82 bits per heavy atom. The minimum absolute atomic E-state index is 0.129. The SMILES string of the molecule is COC(=O)C(Cl)C1CCOC1. The third kappa shape index (κ3) is 2.07. The molecule has 0 amide bonds. The number of methoxy groups -OCH3 is 1. The molecule has 0 N–H and O–H groups in total. The molecule has 4 heteroatoms. The van der Waals surface area contributed by atoms with Gasteiger partial charge in [-0.15, -0.1) is 11.6 Å². The Kier molecular flexibility index (Phi) is 3.15. The second kappa shape index (κ2) is 3.93. The van der Waals surface area contributed by atoms with Gasteiger partial charge in [0.25, 0.3) is 0 Å². The van der Waals surface area contributed by atoms with E-state index in [1.54, 1.807) is 0 Å². The van der Waals surface area contributed by atoms with E-state index >= 15 is 0 Å². The normalized spacial score (nSPS) is 26.5. The molecule has 0 aromatic rings. The lowest BCUT2D eigenvalue weighted by Crippen LogP contribution is -2.25. The number of halogens is 1. The van der Waals surface area contributed by atoms with Gasteiger partial charge in [-0.3, -0.25) is 4.79 Å². The predicted molar refractivity (Wildman–Crippen MR) is 40.6 cm³/mol. The van der Waals surface area contributed by atoms with Crippen LogP contribution in [0, 0.1) is 5.92 Å². The van der Waals surface area contributed by atoms with Crippen molar-refractivity contribution < 1.29 is 14.3 Å². The molecule has 1 rings (SSSR count). The van der Waals surface area contributed by atoms with Gasteiger partial charge in [-0.2, -0.15) is 0 Å². The van der Waals surface area contributed by atoms with Gasteiger partial charge < -0.3 is 9.47 Å². The van der Waals surface area contributed by atoms with Crippen molar-refractivity contribution in [2.75, 3.05) is 20.3 Å². The van der Waals surface area contributed by atoms with Crippen molar-refractivity contribution in [3.05, 3.63) is 0 Å². The molecule has 2 atom stereocenters. The third-order valence-electron chi connectivity index (χ3n) is 1.81. The Balaban J connectivity index is 2.39. The van der Waals surface area contributed by atoms with Crippen LogP contribution in [-0.4, -0.2) is 31.7 Å². The summed E-state index contributed by atoms with van der Waals surface area (Å²) in [7, 11) is 1.34. The van der Waals surface area contributed by atoms with Crippen molar-refractivity contribution in [3.63, 3.8) is 0 Å². The van der Waals surface area contributed by atoms with Crippen LogP contribution in [0.25, 0.3) is 0 Å². The maximum Gasteiger partial charge on any atom is 0.324 e. The van der Waals surface area contributed by atoms with Gasteiger partial charge >= 0.3 is 5.97 Å². The number of hydrogen-bond donors (Lipinski definition) is 0. The average molecular weight is 179 g/mol. The molecule has 0 spiro atoms. The molecular formula is C7H11ClO3. The zero-order valence-electron chi connectivity index (χ0n) is 6.38. The summed E-state index contributed by atoms with van der Waals surface area (Å²) in [6.07, 6.45) is 0.850. The summed E-state index contributed by atoms with van der Waals surface area (Å²) in [6.45, 7) is 1.27. The molecule has 0 aromatic heterocycles. The Hall–Kier alpha value is -0.280. The number of alkyl halides is 1. The highest BCUT2D eigenvalue weighted by atomic mass is 35.5.